The van der Waals surface area contributed by atoms with Crippen LogP contribution >= 0.6 is 15.9 Å². The Bertz CT molecular complexity index is 327. The SMILES string of the molecule is CCC1CNc2cc(Br)cnc2NC1. The molecule has 1 aliphatic rings. The number of hydrogen-bond donors (Lipinski definition) is 2. The Morgan fingerprint density at radius 3 is 3.07 bits per heavy atom. The van der Waals surface area contributed by atoms with Crippen molar-refractivity contribution < 1.29 is 0 Å². The minimum absolute atomic E-state index is 0.683. The van der Waals surface area contributed by atoms with E-state index in [0.29, 0.717) is 5.92 Å². The topological polar surface area (TPSA) is 37.0 Å². The number of nitrogens with zero attached hydrogens (tertiary/aromatic N) is 1. The first kappa shape index (κ1) is 9.77. The highest BCUT2D eigenvalue weighted by atomic mass is 79.9. The van der Waals surface area contributed by atoms with Gasteiger partial charge in [0.2, 0.25) is 0 Å². The lowest BCUT2D eigenvalue weighted by molar-refractivity contribution is 0.569. The summed E-state index contributed by atoms with van der Waals surface area (Å²) in [4.78, 5) is 4.33. The maximum absolute atomic E-state index is 4.33. The molecule has 0 fully saturated rings. The zero-order valence-corrected chi connectivity index (χ0v) is 9.76. The van der Waals surface area contributed by atoms with E-state index in [1.165, 1.54) is 6.42 Å². The minimum atomic E-state index is 0.683. The second kappa shape index (κ2) is 4.17. The summed E-state index contributed by atoms with van der Waals surface area (Å²) >= 11 is 3.42. The van der Waals surface area contributed by atoms with Crippen molar-refractivity contribution in [2.24, 2.45) is 5.92 Å². The Morgan fingerprint density at radius 2 is 2.29 bits per heavy atom. The van der Waals surface area contributed by atoms with Gasteiger partial charge in [0.25, 0.3) is 0 Å². The van der Waals surface area contributed by atoms with Crippen LogP contribution in [0.3, 0.4) is 0 Å². The highest BCUT2D eigenvalue weighted by molar-refractivity contribution is 9.10. The number of pyridine rings is 1. The molecule has 0 saturated heterocycles. The number of aromatic nitrogens is 1. The van der Waals surface area contributed by atoms with Crippen LogP contribution in [-0.2, 0) is 0 Å². The molecule has 1 atom stereocenters. The van der Waals surface area contributed by atoms with Gasteiger partial charge in [-0.2, -0.15) is 0 Å². The van der Waals surface area contributed by atoms with Gasteiger partial charge in [-0.15, -0.1) is 0 Å². The number of halogens is 1. The van der Waals surface area contributed by atoms with Crippen molar-refractivity contribution in [1.82, 2.24) is 4.98 Å². The van der Waals surface area contributed by atoms with Crippen molar-refractivity contribution in [3.05, 3.63) is 16.7 Å². The van der Waals surface area contributed by atoms with Crippen molar-refractivity contribution in [3.63, 3.8) is 0 Å². The quantitative estimate of drug-likeness (QED) is 0.811. The molecule has 14 heavy (non-hydrogen) atoms. The van der Waals surface area contributed by atoms with Gasteiger partial charge in [0.05, 0.1) is 5.69 Å². The van der Waals surface area contributed by atoms with Crippen LogP contribution in [0.4, 0.5) is 11.5 Å². The number of nitrogens with one attached hydrogen (secondary N) is 2. The summed E-state index contributed by atoms with van der Waals surface area (Å²) in [5, 5.41) is 6.77. The van der Waals surface area contributed by atoms with E-state index in [0.717, 1.165) is 29.1 Å². The van der Waals surface area contributed by atoms with E-state index >= 15 is 0 Å². The molecule has 0 bridgehead atoms. The average molecular weight is 256 g/mol. The lowest BCUT2D eigenvalue weighted by atomic mass is 10.1. The molecule has 1 aliphatic heterocycles. The van der Waals surface area contributed by atoms with Crippen molar-refractivity contribution in [1.29, 1.82) is 0 Å². The monoisotopic (exact) mass is 255 g/mol. The summed E-state index contributed by atoms with van der Waals surface area (Å²) < 4.78 is 1.01. The van der Waals surface area contributed by atoms with Crippen LogP contribution in [0.1, 0.15) is 13.3 Å². The lowest BCUT2D eigenvalue weighted by Crippen LogP contribution is -2.17. The molecule has 2 N–H and O–H groups in total. The molecular formula is C10H14BrN3. The zero-order chi connectivity index (χ0) is 9.97. The second-order valence-corrected chi connectivity index (χ2v) is 4.50. The summed E-state index contributed by atoms with van der Waals surface area (Å²) in [6.45, 7) is 4.24. The molecule has 1 aromatic heterocycles. The highest BCUT2D eigenvalue weighted by Crippen LogP contribution is 2.26. The molecular weight excluding hydrogens is 242 g/mol. The average Bonchev–Trinajstić information content (AvgIpc) is 2.39. The molecule has 1 aromatic rings. The maximum Gasteiger partial charge on any atom is 0.149 e. The highest BCUT2D eigenvalue weighted by Gasteiger charge is 2.14. The van der Waals surface area contributed by atoms with Gasteiger partial charge in [-0.1, -0.05) is 6.92 Å². The van der Waals surface area contributed by atoms with Crippen LogP contribution in [0.5, 0.6) is 0 Å². The Kier molecular flexibility index (Phi) is 2.91. The molecule has 1 unspecified atom stereocenters. The molecule has 0 aliphatic carbocycles. The zero-order valence-electron chi connectivity index (χ0n) is 8.18. The predicted octanol–water partition coefficient (Wildman–Crippen LogP) is 2.71. The second-order valence-electron chi connectivity index (χ2n) is 3.59. The summed E-state index contributed by atoms with van der Waals surface area (Å²) in [5.41, 5.74) is 1.09. The van der Waals surface area contributed by atoms with Gasteiger partial charge in [0.15, 0.2) is 0 Å². The van der Waals surface area contributed by atoms with Gasteiger partial charge in [-0.25, -0.2) is 4.98 Å². The normalized spacial score (nSPS) is 20.3. The maximum atomic E-state index is 4.33. The Labute approximate surface area is 92.4 Å². The third-order valence-electron chi connectivity index (χ3n) is 2.57. The Morgan fingerprint density at radius 1 is 1.50 bits per heavy atom. The van der Waals surface area contributed by atoms with E-state index in [4.69, 9.17) is 0 Å². The third-order valence-corrected chi connectivity index (χ3v) is 3.00. The van der Waals surface area contributed by atoms with Crippen LogP contribution in [0.25, 0.3) is 0 Å². The third kappa shape index (κ3) is 2.00. The van der Waals surface area contributed by atoms with Crippen LogP contribution < -0.4 is 10.6 Å². The van der Waals surface area contributed by atoms with Gasteiger partial charge < -0.3 is 10.6 Å². The number of hydrogen-bond acceptors (Lipinski definition) is 3. The fraction of sp³-hybridized carbons (Fsp3) is 0.500. The van der Waals surface area contributed by atoms with Crippen molar-refractivity contribution in [2.75, 3.05) is 23.7 Å². The molecule has 2 heterocycles. The van der Waals surface area contributed by atoms with Crippen molar-refractivity contribution in [2.45, 2.75) is 13.3 Å². The van der Waals surface area contributed by atoms with Crippen LogP contribution in [-0.4, -0.2) is 18.1 Å². The van der Waals surface area contributed by atoms with E-state index < -0.39 is 0 Å². The van der Waals surface area contributed by atoms with Crippen molar-refractivity contribution >= 4 is 27.4 Å². The van der Waals surface area contributed by atoms with Crippen molar-refractivity contribution in [3.8, 4) is 0 Å². The minimum Gasteiger partial charge on any atom is -0.382 e. The molecule has 0 saturated carbocycles. The molecule has 0 amide bonds. The fourth-order valence-corrected chi connectivity index (χ4v) is 1.90. The molecule has 0 radical (unpaired) electrons. The van der Waals surface area contributed by atoms with Gasteiger partial charge >= 0.3 is 0 Å². The Hall–Kier alpha value is -0.770. The molecule has 3 nitrogen and oxygen atoms in total. The van der Waals surface area contributed by atoms with E-state index in [1.54, 1.807) is 0 Å². The molecule has 76 valence electrons. The number of rotatable bonds is 1. The summed E-state index contributed by atoms with van der Waals surface area (Å²) in [7, 11) is 0. The van der Waals surface area contributed by atoms with E-state index in [2.05, 4.69) is 44.5 Å². The van der Waals surface area contributed by atoms with Crippen LogP contribution in [0.2, 0.25) is 0 Å². The van der Waals surface area contributed by atoms with Crippen LogP contribution in [0, 0.1) is 5.92 Å². The smallest absolute Gasteiger partial charge is 0.149 e. The fourth-order valence-electron chi connectivity index (χ4n) is 1.57. The Balaban J connectivity index is 2.21. The lowest BCUT2D eigenvalue weighted by Gasteiger charge is -2.10. The molecule has 4 heteroatoms. The standard InChI is InChI=1S/C10H14BrN3/c1-2-7-4-12-9-3-8(11)6-14-10(9)13-5-7/h3,6-7,12H,2,4-5H2,1H3,(H,13,14). The van der Waals surface area contributed by atoms with Gasteiger partial charge in [0, 0.05) is 23.8 Å². The van der Waals surface area contributed by atoms with E-state index in [1.807, 2.05) is 6.20 Å². The van der Waals surface area contributed by atoms with Gasteiger partial charge in [0.1, 0.15) is 5.82 Å². The number of fused-ring (bicyclic) bond motifs is 1. The van der Waals surface area contributed by atoms with E-state index in [-0.39, 0.29) is 0 Å². The number of anilines is 2. The summed E-state index contributed by atoms with van der Waals surface area (Å²) in [6, 6.07) is 2.06. The largest absolute Gasteiger partial charge is 0.382 e. The molecule has 0 aromatic carbocycles. The summed E-state index contributed by atoms with van der Waals surface area (Å²) in [6.07, 6.45) is 3.01. The van der Waals surface area contributed by atoms with Gasteiger partial charge in [-0.3, -0.25) is 0 Å². The van der Waals surface area contributed by atoms with Gasteiger partial charge in [-0.05, 0) is 34.3 Å². The first-order valence-corrected chi connectivity index (χ1v) is 5.72. The molecule has 0 spiro atoms. The van der Waals surface area contributed by atoms with Crippen LogP contribution in [0.15, 0.2) is 16.7 Å². The first-order valence-electron chi connectivity index (χ1n) is 4.93. The summed E-state index contributed by atoms with van der Waals surface area (Å²) in [5.74, 6) is 1.65. The first-order chi connectivity index (χ1) is 6.79. The molecule has 2 rings (SSSR count). The van der Waals surface area contributed by atoms with E-state index in [9.17, 15) is 0 Å². The predicted molar refractivity (Wildman–Crippen MR) is 62.7 cm³/mol.